The number of esters is 1. The number of amides is 1. The van der Waals surface area contributed by atoms with Gasteiger partial charge in [-0.2, -0.15) is 0 Å². The number of methoxy groups -OCH3 is 1. The van der Waals surface area contributed by atoms with E-state index in [9.17, 15) is 14.7 Å². The highest BCUT2D eigenvalue weighted by atomic mass is 35.5. The Morgan fingerprint density at radius 2 is 1.92 bits per heavy atom. The largest absolute Gasteiger partial charge is 0.490 e. The summed E-state index contributed by atoms with van der Waals surface area (Å²) >= 11 is 6.49. The Hall–Kier alpha value is -3.11. The lowest BCUT2D eigenvalue weighted by atomic mass is 9.68. The zero-order chi connectivity index (χ0) is 35.6. The summed E-state index contributed by atoms with van der Waals surface area (Å²) in [5.41, 5.74) is 1.28. The van der Waals surface area contributed by atoms with Gasteiger partial charge in [-0.3, -0.25) is 4.79 Å². The zero-order valence-electron chi connectivity index (χ0n) is 30.3. The molecule has 5 aliphatic rings. The first-order valence-electron chi connectivity index (χ1n) is 19.1. The lowest BCUT2D eigenvalue weighted by Crippen LogP contribution is -2.50. The number of anilines is 1. The number of hydrogen-bond donors (Lipinski definition) is 1. The van der Waals surface area contributed by atoms with Crippen LogP contribution < -0.4 is 9.64 Å². The van der Waals surface area contributed by atoms with Crippen LogP contribution in [0.5, 0.6) is 5.75 Å². The molecule has 3 aliphatic heterocycles. The van der Waals surface area contributed by atoms with Crippen molar-refractivity contribution in [2.24, 2.45) is 11.8 Å². The summed E-state index contributed by atoms with van der Waals surface area (Å²) in [6.07, 6.45) is 13.6. The summed E-state index contributed by atoms with van der Waals surface area (Å²) < 4.78 is 18.6. The predicted octanol–water partition coefficient (Wildman–Crippen LogP) is 5.88. The molecule has 0 unspecified atom stereocenters. The number of fused-ring (bicyclic) bond motifs is 4. The fourth-order valence-corrected chi connectivity index (χ4v) is 9.36. The first-order valence-corrected chi connectivity index (χ1v) is 19.4. The van der Waals surface area contributed by atoms with Gasteiger partial charge in [-0.25, -0.2) is 4.79 Å². The highest BCUT2D eigenvalue weighted by Gasteiger charge is 2.47. The number of nitrogens with zero attached hydrogens (tertiary/aromatic N) is 3. The second-order valence-corrected chi connectivity index (χ2v) is 16.0. The molecule has 3 heterocycles. The average molecular weight is 720 g/mol. The molecular formula is C41H54ClN3O6. The van der Waals surface area contributed by atoms with Crippen LogP contribution in [0.3, 0.4) is 0 Å². The van der Waals surface area contributed by atoms with Gasteiger partial charge in [-0.05, 0) is 117 Å². The van der Waals surface area contributed by atoms with Gasteiger partial charge >= 0.3 is 5.97 Å². The van der Waals surface area contributed by atoms with Gasteiger partial charge in [0.25, 0.3) is 0 Å². The topological polar surface area (TPSA) is 91.8 Å². The van der Waals surface area contributed by atoms with Crippen molar-refractivity contribution >= 4 is 29.2 Å². The number of halogens is 1. The Morgan fingerprint density at radius 3 is 2.71 bits per heavy atom. The van der Waals surface area contributed by atoms with Gasteiger partial charge in [0, 0.05) is 43.7 Å². The molecule has 10 heteroatoms. The van der Waals surface area contributed by atoms with E-state index in [2.05, 4.69) is 34.1 Å². The molecule has 2 fully saturated rings. The van der Waals surface area contributed by atoms with E-state index in [1.807, 2.05) is 18.2 Å². The molecule has 5 atom stereocenters. The van der Waals surface area contributed by atoms with Crippen molar-refractivity contribution in [3.05, 3.63) is 70.3 Å². The number of hydrogen-bond acceptors (Lipinski definition) is 8. The molecule has 1 N–H and O–H groups in total. The lowest BCUT2D eigenvalue weighted by molar-refractivity contribution is -0.168. The predicted molar refractivity (Wildman–Crippen MR) is 198 cm³/mol. The average Bonchev–Trinajstić information content (AvgIpc) is 3.27. The van der Waals surface area contributed by atoms with Gasteiger partial charge in [0.15, 0.2) is 5.60 Å². The number of aliphatic hydroxyl groups is 1. The van der Waals surface area contributed by atoms with E-state index in [0.717, 1.165) is 75.5 Å². The van der Waals surface area contributed by atoms with Crippen LogP contribution in [0.1, 0.15) is 74.5 Å². The Bertz CT molecular complexity index is 1610. The van der Waals surface area contributed by atoms with Crippen LogP contribution in [-0.2, 0) is 36.5 Å². The highest BCUT2D eigenvalue weighted by Crippen LogP contribution is 2.48. The molecule has 1 saturated carbocycles. The summed E-state index contributed by atoms with van der Waals surface area (Å²) in [5, 5.41) is 12.8. The smallest absolute Gasteiger partial charge is 0.343 e. The van der Waals surface area contributed by atoms with E-state index in [-0.39, 0.29) is 17.4 Å². The Balaban J connectivity index is 1.26. The Kier molecular flexibility index (Phi) is 11.0. The molecule has 0 aromatic heterocycles. The molecule has 1 amide bonds. The van der Waals surface area contributed by atoms with Crippen LogP contribution in [0, 0.1) is 11.8 Å². The van der Waals surface area contributed by atoms with Crippen LogP contribution >= 0.6 is 11.6 Å². The van der Waals surface area contributed by atoms with E-state index in [1.165, 1.54) is 37.5 Å². The number of ether oxygens (including phenoxy) is 3. The third-order valence-corrected chi connectivity index (χ3v) is 12.6. The summed E-state index contributed by atoms with van der Waals surface area (Å²) in [5.74, 6) is 0.247. The van der Waals surface area contributed by atoms with Crippen LogP contribution in [0.25, 0.3) is 0 Å². The number of likely N-dealkylation sites (tertiary alicyclic amines) is 1. The molecule has 7 rings (SSSR count). The maximum Gasteiger partial charge on any atom is 0.343 e. The van der Waals surface area contributed by atoms with E-state index >= 15 is 0 Å². The third-order valence-electron chi connectivity index (χ3n) is 12.3. The van der Waals surface area contributed by atoms with Crippen LogP contribution in [-0.4, -0.2) is 99.5 Å². The van der Waals surface area contributed by atoms with Gasteiger partial charge in [-0.15, -0.1) is 0 Å². The maximum atomic E-state index is 13.6. The number of carbonyl (C=O) groups excluding carboxylic acids is 2. The fourth-order valence-electron chi connectivity index (χ4n) is 9.17. The van der Waals surface area contributed by atoms with Crippen molar-refractivity contribution in [2.75, 3.05) is 71.5 Å². The van der Waals surface area contributed by atoms with E-state index in [4.69, 9.17) is 25.8 Å². The molecule has 276 valence electrons. The third kappa shape index (κ3) is 7.55. The van der Waals surface area contributed by atoms with Gasteiger partial charge in [-0.1, -0.05) is 42.3 Å². The molecule has 2 bridgehead atoms. The fraction of sp³-hybridized carbons (Fsp3) is 0.610. The summed E-state index contributed by atoms with van der Waals surface area (Å²) in [7, 11) is 2.96. The first kappa shape index (κ1) is 36.3. The SMILES string of the molecule is COC(=O)[C@@]1(O)CC(=O)N(C)CC/C=C\[C@H](OCCN2CCCCC2)[C@@H]2CC[C@H]2CN2C[C@@]3(CCCc4cc(Cl)ccc43)COc3ccc1cc32. The van der Waals surface area contributed by atoms with Crippen LogP contribution in [0.2, 0.25) is 5.02 Å². The molecule has 1 spiro atoms. The summed E-state index contributed by atoms with van der Waals surface area (Å²) in [4.78, 5) is 33.4. The van der Waals surface area contributed by atoms with Gasteiger partial charge in [0.05, 0.1) is 38.5 Å². The highest BCUT2D eigenvalue weighted by molar-refractivity contribution is 6.30. The molecule has 2 aromatic carbocycles. The number of benzene rings is 2. The molecule has 2 aliphatic carbocycles. The molecular weight excluding hydrogens is 666 g/mol. The first-order chi connectivity index (χ1) is 24.7. The van der Waals surface area contributed by atoms with E-state index in [0.29, 0.717) is 49.3 Å². The summed E-state index contributed by atoms with van der Waals surface area (Å²) in [6, 6.07) is 11.7. The van der Waals surface area contributed by atoms with Crippen molar-refractivity contribution in [1.82, 2.24) is 9.80 Å². The summed E-state index contributed by atoms with van der Waals surface area (Å²) in [6.45, 7) is 6.43. The number of rotatable bonds is 5. The Labute approximate surface area is 307 Å². The van der Waals surface area contributed by atoms with Crippen molar-refractivity contribution in [1.29, 1.82) is 0 Å². The molecule has 51 heavy (non-hydrogen) atoms. The number of carbonyl (C=O) groups is 2. The lowest BCUT2D eigenvalue weighted by Gasteiger charge is -2.46. The van der Waals surface area contributed by atoms with Crippen molar-refractivity contribution in [2.45, 2.75) is 81.3 Å². The van der Waals surface area contributed by atoms with Crippen molar-refractivity contribution < 1.29 is 28.9 Å². The maximum absolute atomic E-state index is 13.6. The van der Waals surface area contributed by atoms with Gasteiger partial charge < -0.3 is 34.0 Å². The van der Waals surface area contributed by atoms with Gasteiger partial charge in [0.2, 0.25) is 5.91 Å². The normalized spacial score (nSPS) is 30.7. The van der Waals surface area contributed by atoms with Crippen molar-refractivity contribution in [3.63, 3.8) is 0 Å². The minimum absolute atomic E-state index is 0.00703. The second-order valence-electron chi connectivity index (χ2n) is 15.6. The van der Waals surface area contributed by atoms with E-state index < -0.39 is 18.0 Å². The van der Waals surface area contributed by atoms with Crippen molar-refractivity contribution in [3.8, 4) is 5.75 Å². The minimum Gasteiger partial charge on any atom is -0.490 e. The second kappa shape index (κ2) is 15.5. The van der Waals surface area contributed by atoms with E-state index in [1.54, 1.807) is 18.0 Å². The molecule has 0 radical (unpaired) electrons. The quantitative estimate of drug-likeness (QED) is 0.303. The van der Waals surface area contributed by atoms with Crippen LogP contribution in [0.4, 0.5) is 5.69 Å². The standard InChI is InChI=1S/C41H54ClN3O6/c1-43-18-7-4-10-36(50-22-21-44-19-5-3-6-20-44)33-14-11-30(33)26-45-27-40(17-8-9-29-23-32(42)13-15-34(29)40)28-51-37-16-12-31(24-35(37)45)41(48,25-38(43)46)39(47)49-2/h4,10,12-13,15-16,23-24,30,33,36,48H,3,5-9,11,14,17-22,25-28H2,1-2H3/b10-4-/t30-,33+,36-,40-,41+/m0/s1. The number of aryl methyl sites for hydroxylation is 1. The Morgan fingerprint density at radius 1 is 1.08 bits per heavy atom. The zero-order valence-corrected chi connectivity index (χ0v) is 31.0. The minimum atomic E-state index is -2.15. The molecule has 2 aromatic rings. The molecule has 9 nitrogen and oxygen atoms in total. The number of piperidine rings is 1. The monoisotopic (exact) mass is 719 g/mol. The van der Waals surface area contributed by atoms with Gasteiger partial charge in [0.1, 0.15) is 5.75 Å². The molecule has 1 saturated heterocycles. The van der Waals surface area contributed by atoms with Crippen LogP contribution in [0.15, 0.2) is 48.6 Å².